The molecule has 0 aliphatic heterocycles. The molecule has 1 N–H and O–H groups in total. The third-order valence-electron chi connectivity index (χ3n) is 5.26. The number of aryl methyl sites for hydroxylation is 1. The van der Waals surface area contributed by atoms with E-state index in [1.54, 1.807) is 69.6 Å². The molecule has 172 valence electrons. The van der Waals surface area contributed by atoms with Gasteiger partial charge in [-0.2, -0.15) is 0 Å². The van der Waals surface area contributed by atoms with Crippen molar-refractivity contribution in [3.8, 4) is 5.75 Å². The molecule has 8 nitrogen and oxygen atoms in total. The van der Waals surface area contributed by atoms with Crippen molar-refractivity contribution in [2.24, 2.45) is 0 Å². The molecule has 0 unspecified atom stereocenters. The normalized spacial score (nSPS) is 10.5. The highest BCUT2D eigenvalue weighted by Crippen LogP contribution is 2.21. The van der Waals surface area contributed by atoms with Gasteiger partial charge in [0.15, 0.2) is 5.78 Å². The fraction of sp³-hybridized carbons (Fsp3) is 0.280. The van der Waals surface area contributed by atoms with Crippen LogP contribution in [0.3, 0.4) is 0 Å². The number of benzene rings is 1. The average molecular weight is 450 g/mol. The third kappa shape index (κ3) is 5.46. The number of methoxy groups -OCH3 is 1. The zero-order valence-electron chi connectivity index (χ0n) is 19.2. The molecule has 8 heteroatoms. The number of pyridine rings is 1. The highest BCUT2D eigenvalue weighted by molar-refractivity contribution is 6.05. The van der Waals surface area contributed by atoms with Crippen molar-refractivity contribution in [2.45, 2.75) is 27.3 Å². The Morgan fingerprint density at radius 1 is 1.09 bits per heavy atom. The van der Waals surface area contributed by atoms with Crippen molar-refractivity contribution >= 4 is 17.7 Å². The number of rotatable bonds is 9. The summed E-state index contributed by atoms with van der Waals surface area (Å²) in [5, 5.41) is 0. The van der Waals surface area contributed by atoms with Crippen molar-refractivity contribution in [3.63, 3.8) is 0 Å². The van der Waals surface area contributed by atoms with Crippen molar-refractivity contribution in [1.29, 1.82) is 0 Å². The van der Waals surface area contributed by atoms with Crippen LogP contribution in [0.15, 0.2) is 48.8 Å². The smallest absolute Gasteiger partial charge is 0.355 e. The molecule has 1 amide bonds. The predicted octanol–water partition coefficient (Wildman–Crippen LogP) is 3.74. The molecule has 33 heavy (non-hydrogen) atoms. The third-order valence-corrected chi connectivity index (χ3v) is 5.26. The molecule has 0 aliphatic rings. The van der Waals surface area contributed by atoms with Crippen molar-refractivity contribution in [1.82, 2.24) is 14.9 Å². The van der Waals surface area contributed by atoms with Crippen LogP contribution >= 0.6 is 0 Å². The van der Waals surface area contributed by atoms with E-state index >= 15 is 0 Å². The van der Waals surface area contributed by atoms with Crippen molar-refractivity contribution < 1.29 is 23.9 Å². The predicted molar refractivity (Wildman–Crippen MR) is 123 cm³/mol. The van der Waals surface area contributed by atoms with Gasteiger partial charge >= 0.3 is 5.97 Å². The Labute approximate surface area is 192 Å². The Kier molecular flexibility index (Phi) is 7.61. The molecule has 0 radical (unpaired) electrons. The molecule has 0 bridgehead atoms. The number of hydrogen-bond acceptors (Lipinski definition) is 6. The van der Waals surface area contributed by atoms with Crippen LogP contribution < -0.4 is 4.74 Å². The number of aromatic nitrogens is 2. The van der Waals surface area contributed by atoms with Gasteiger partial charge in [0.1, 0.15) is 11.4 Å². The first-order chi connectivity index (χ1) is 15.8. The van der Waals surface area contributed by atoms with Crippen molar-refractivity contribution in [2.75, 3.05) is 20.3 Å². The van der Waals surface area contributed by atoms with Gasteiger partial charge < -0.3 is 19.4 Å². The topological polar surface area (TPSA) is 102 Å². The fourth-order valence-corrected chi connectivity index (χ4v) is 3.67. The first kappa shape index (κ1) is 23.7. The van der Waals surface area contributed by atoms with Gasteiger partial charge in [0.05, 0.1) is 20.3 Å². The molecule has 0 aliphatic carbocycles. The number of amides is 1. The molecule has 3 aromatic rings. The second kappa shape index (κ2) is 10.6. The van der Waals surface area contributed by atoms with Crippen LogP contribution in [0.4, 0.5) is 0 Å². The summed E-state index contributed by atoms with van der Waals surface area (Å²) in [6, 6.07) is 10.4. The number of esters is 1. The summed E-state index contributed by atoms with van der Waals surface area (Å²) >= 11 is 0. The lowest BCUT2D eigenvalue weighted by Crippen LogP contribution is -2.35. The highest BCUT2D eigenvalue weighted by atomic mass is 16.5. The maximum Gasteiger partial charge on any atom is 0.355 e. The van der Waals surface area contributed by atoms with Crippen molar-refractivity contribution in [3.05, 3.63) is 82.4 Å². The van der Waals surface area contributed by atoms with Gasteiger partial charge in [-0.25, -0.2) is 4.79 Å². The largest absolute Gasteiger partial charge is 0.497 e. The Bertz CT molecular complexity index is 1150. The lowest BCUT2D eigenvalue weighted by atomic mass is 10.0. The number of ether oxygens (including phenoxy) is 2. The van der Waals surface area contributed by atoms with Crippen LogP contribution in [-0.2, 0) is 11.3 Å². The van der Waals surface area contributed by atoms with E-state index in [0.717, 1.165) is 5.56 Å². The molecular formula is C25H27N3O5. The summed E-state index contributed by atoms with van der Waals surface area (Å²) in [6.07, 6.45) is 3.27. The molecule has 2 heterocycles. The monoisotopic (exact) mass is 449 g/mol. The van der Waals surface area contributed by atoms with Gasteiger partial charge in [0.25, 0.3) is 5.91 Å². The van der Waals surface area contributed by atoms with Crippen LogP contribution in [0.2, 0.25) is 0 Å². The molecule has 2 aromatic heterocycles. The van der Waals surface area contributed by atoms with Gasteiger partial charge in [0, 0.05) is 35.8 Å². The van der Waals surface area contributed by atoms with Crippen LogP contribution in [0, 0.1) is 13.8 Å². The molecule has 0 saturated heterocycles. The molecule has 0 saturated carbocycles. The number of aromatic amines is 1. The summed E-state index contributed by atoms with van der Waals surface area (Å²) in [5.41, 5.74) is 2.94. The van der Waals surface area contributed by atoms with E-state index in [2.05, 4.69) is 9.97 Å². The van der Waals surface area contributed by atoms with E-state index in [9.17, 15) is 14.4 Å². The van der Waals surface area contributed by atoms with Gasteiger partial charge in [0.2, 0.25) is 0 Å². The number of Topliss-reactive ketones (excluding diaryl/α,β-unsaturated/α-hetero) is 1. The molecule has 3 rings (SSSR count). The molecule has 1 aromatic carbocycles. The second-order valence-corrected chi connectivity index (χ2v) is 7.52. The van der Waals surface area contributed by atoms with Crippen LogP contribution in [0.5, 0.6) is 5.75 Å². The first-order valence-corrected chi connectivity index (χ1v) is 10.6. The van der Waals surface area contributed by atoms with Gasteiger partial charge in [-0.3, -0.25) is 14.6 Å². The number of nitrogens with zero attached hydrogens (tertiary/aromatic N) is 2. The van der Waals surface area contributed by atoms with Gasteiger partial charge in [-0.05, 0) is 62.2 Å². The number of hydrogen-bond donors (Lipinski definition) is 1. The van der Waals surface area contributed by atoms with E-state index < -0.39 is 5.97 Å². The Balaban J connectivity index is 1.92. The van der Waals surface area contributed by atoms with Crippen LogP contribution in [0.25, 0.3) is 0 Å². The standard InChI is InChI=1S/C25H27N3O5/c1-5-33-25(31)23-16(2)22(17(3)27-23)21(29)15-28(14-18-9-11-26-12-10-18)24(30)19-7-6-8-20(13-19)32-4/h6-13,27H,5,14-15H2,1-4H3. The zero-order valence-corrected chi connectivity index (χ0v) is 19.2. The molecular weight excluding hydrogens is 422 g/mol. The molecule has 0 atom stereocenters. The lowest BCUT2D eigenvalue weighted by Gasteiger charge is -2.23. The van der Waals surface area contributed by atoms with E-state index in [1.807, 2.05) is 0 Å². The maximum absolute atomic E-state index is 13.4. The minimum absolute atomic E-state index is 0.167. The zero-order chi connectivity index (χ0) is 24.0. The number of ketones is 1. The number of carbonyl (C=O) groups is 3. The SMILES string of the molecule is CCOC(=O)c1[nH]c(C)c(C(=O)CN(Cc2ccncc2)C(=O)c2cccc(OC)c2)c1C. The van der Waals surface area contributed by atoms with E-state index in [0.29, 0.717) is 28.1 Å². The Hall–Kier alpha value is -3.94. The summed E-state index contributed by atoms with van der Waals surface area (Å²) in [6.45, 7) is 5.42. The second-order valence-electron chi connectivity index (χ2n) is 7.52. The molecule has 0 fully saturated rings. The van der Waals surface area contributed by atoms with Gasteiger partial charge in [-0.1, -0.05) is 6.07 Å². The number of carbonyl (C=O) groups excluding carboxylic acids is 3. The summed E-state index contributed by atoms with van der Waals surface area (Å²) in [7, 11) is 1.53. The minimum Gasteiger partial charge on any atom is -0.497 e. The minimum atomic E-state index is -0.516. The fourth-order valence-electron chi connectivity index (χ4n) is 3.67. The first-order valence-electron chi connectivity index (χ1n) is 10.6. The summed E-state index contributed by atoms with van der Waals surface area (Å²) in [5.74, 6) is -0.552. The summed E-state index contributed by atoms with van der Waals surface area (Å²) in [4.78, 5) is 47.4. The van der Waals surface area contributed by atoms with Gasteiger partial charge in [-0.15, -0.1) is 0 Å². The maximum atomic E-state index is 13.4. The lowest BCUT2D eigenvalue weighted by molar-refractivity contribution is 0.0519. The van der Waals surface area contributed by atoms with Crippen LogP contribution in [-0.4, -0.2) is 52.8 Å². The molecule has 0 spiro atoms. The quantitative estimate of drug-likeness (QED) is 0.394. The summed E-state index contributed by atoms with van der Waals surface area (Å²) < 4.78 is 10.3. The average Bonchev–Trinajstić information content (AvgIpc) is 3.13. The Morgan fingerprint density at radius 2 is 1.82 bits per heavy atom. The van der Waals surface area contributed by atoms with E-state index in [1.165, 1.54) is 12.0 Å². The highest BCUT2D eigenvalue weighted by Gasteiger charge is 2.26. The van der Waals surface area contributed by atoms with E-state index in [4.69, 9.17) is 9.47 Å². The van der Waals surface area contributed by atoms with Crippen LogP contribution in [0.1, 0.15) is 54.9 Å². The number of H-pyrrole nitrogens is 1. The van der Waals surface area contributed by atoms with E-state index in [-0.39, 0.29) is 37.1 Å². The Morgan fingerprint density at radius 3 is 2.48 bits per heavy atom. The number of nitrogens with one attached hydrogen (secondary N) is 1.